The smallest absolute Gasteiger partial charge is 0.303 e. The van der Waals surface area contributed by atoms with E-state index in [0.29, 0.717) is 30.6 Å². The van der Waals surface area contributed by atoms with E-state index in [4.69, 9.17) is 5.11 Å². The number of anilines is 1. The molecule has 20 heavy (non-hydrogen) atoms. The Hall–Kier alpha value is -1.85. The van der Waals surface area contributed by atoms with Gasteiger partial charge in [-0.25, -0.2) is 4.98 Å². The second kappa shape index (κ2) is 6.54. The second-order valence-corrected chi connectivity index (χ2v) is 5.54. The van der Waals surface area contributed by atoms with Crippen molar-refractivity contribution in [2.75, 3.05) is 11.9 Å². The normalized spacial score (nSPS) is 15.8. The van der Waals surface area contributed by atoms with Crippen LogP contribution in [-0.2, 0) is 4.79 Å². The third kappa shape index (κ3) is 4.68. The topological polar surface area (TPSA) is 95.1 Å². The molecule has 1 aliphatic rings. The van der Waals surface area contributed by atoms with Crippen LogP contribution in [0.25, 0.3) is 0 Å². The van der Waals surface area contributed by atoms with E-state index in [2.05, 4.69) is 15.3 Å². The molecule has 0 aromatic carbocycles. The van der Waals surface area contributed by atoms with Crippen LogP contribution in [0.5, 0.6) is 0 Å². The maximum absolute atomic E-state index is 11.5. The molecule has 1 aliphatic carbocycles. The van der Waals surface area contributed by atoms with Crippen LogP contribution < -0.4 is 10.9 Å². The highest BCUT2D eigenvalue weighted by Gasteiger charge is 2.26. The summed E-state index contributed by atoms with van der Waals surface area (Å²) in [5.74, 6) is 1.39. The lowest BCUT2D eigenvalue weighted by Crippen LogP contribution is -2.15. The number of H-pyrrole nitrogens is 1. The van der Waals surface area contributed by atoms with Crippen molar-refractivity contribution in [3.05, 3.63) is 22.2 Å². The Labute approximate surface area is 117 Å². The summed E-state index contributed by atoms with van der Waals surface area (Å²) in [7, 11) is 0. The van der Waals surface area contributed by atoms with Gasteiger partial charge in [-0.15, -0.1) is 0 Å². The maximum Gasteiger partial charge on any atom is 0.303 e. The largest absolute Gasteiger partial charge is 0.481 e. The van der Waals surface area contributed by atoms with Gasteiger partial charge in [-0.2, -0.15) is 0 Å². The molecule has 0 spiro atoms. The van der Waals surface area contributed by atoms with Crippen LogP contribution in [0.3, 0.4) is 0 Å². The van der Waals surface area contributed by atoms with Crippen molar-refractivity contribution in [2.45, 2.75) is 44.9 Å². The number of nitrogens with zero attached hydrogens (tertiary/aromatic N) is 1. The molecule has 1 atom stereocenters. The first-order chi connectivity index (χ1) is 9.54. The quantitative estimate of drug-likeness (QED) is 0.676. The minimum atomic E-state index is -0.754. The average Bonchev–Trinajstić information content (AvgIpc) is 3.20. The molecule has 0 radical (unpaired) electrons. The van der Waals surface area contributed by atoms with Crippen molar-refractivity contribution < 1.29 is 9.90 Å². The second-order valence-electron chi connectivity index (χ2n) is 5.54. The standard InChI is InChI=1S/C14H21N3O3/c1-9(2-5-13(19)20)6-7-15-11-8-12(18)17-14(16-11)10-3-4-10/h8-10H,2-7H2,1H3,(H,19,20)(H2,15,16,17,18). The highest BCUT2D eigenvalue weighted by atomic mass is 16.4. The van der Waals surface area contributed by atoms with E-state index in [1.807, 2.05) is 6.92 Å². The number of hydrogen-bond acceptors (Lipinski definition) is 4. The highest BCUT2D eigenvalue weighted by molar-refractivity contribution is 5.66. The molecule has 0 aliphatic heterocycles. The zero-order chi connectivity index (χ0) is 14.5. The summed E-state index contributed by atoms with van der Waals surface area (Å²) in [5, 5.41) is 11.8. The number of carbonyl (C=O) groups is 1. The molecule has 110 valence electrons. The van der Waals surface area contributed by atoms with Crippen LogP contribution in [0.2, 0.25) is 0 Å². The average molecular weight is 279 g/mol. The zero-order valence-electron chi connectivity index (χ0n) is 11.7. The van der Waals surface area contributed by atoms with Gasteiger partial charge in [0.15, 0.2) is 0 Å². The minimum absolute atomic E-state index is 0.122. The van der Waals surface area contributed by atoms with Crippen LogP contribution in [0.15, 0.2) is 10.9 Å². The van der Waals surface area contributed by atoms with Crippen molar-refractivity contribution in [3.8, 4) is 0 Å². The van der Waals surface area contributed by atoms with Crippen LogP contribution in [0, 0.1) is 5.92 Å². The Morgan fingerprint density at radius 3 is 2.95 bits per heavy atom. The van der Waals surface area contributed by atoms with Crippen molar-refractivity contribution >= 4 is 11.8 Å². The fourth-order valence-corrected chi connectivity index (χ4v) is 2.08. The molecule has 1 aromatic rings. The van der Waals surface area contributed by atoms with Crippen LogP contribution in [0.4, 0.5) is 5.82 Å². The van der Waals surface area contributed by atoms with Gasteiger partial charge in [-0.3, -0.25) is 9.59 Å². The molecular formula is C14H21N3O3. The van der Waals surface area contributed by atoms with Gasteiger partial charge in [0.1, 0.15) is 11.6 Å². The maximum atomic E-state index is 11.5. The van der Waals surface area contributed by atoms with E-state index in [-0.39, 0.29) is 12.0 Å². The molecule has 1 fully saturated rings. The van der Waals surface area contributed by atoms with E-state index in [1.165, 1.54) is 6.07 Å². The van der Waals surface area contributed by atoms with E-state index in [0.717, 1.165) is 25.1 Å². The monoisotopic (exact) mass is 279 g/mol. The molecule has 2 rings (SSSR count). The number of carboxylic acid groups (broad SMARTS) is 1. The number of rotatable bonds is 8. The summed E-state index contributed by atoms with van der Waals surface area (Å²) in [4.78, 5) is 29.2. The summed E-state index contributed by atoms with van der Waals surface area (Å²) in [6, 6.07) is 1.47. The Balaban J connectivity index is 1.79. The predicted octanol–water partition coefficient (Wildman–Crippen LogP) is 1.95. The van der Waals surface area contributed by atoms with Crippen LogP contribution in [0.1, 0.15) is 50.8 Å². The fraction of sp³-hybridized carbons (Fsp3) is 0.643. The zero-order valence-corrected chi connectivity index (χ0v) is 11.7. The van der Waals surface area contributed by atoms with E-state index in [9.17, 15) is 9.59 Å². The summed E-state index contributed by atoms with van der Waals surface area (Å²) in [6.07, 6.45) is 3.93. The van der Waals surface area contributed by atoms with Crippen molar-refractivity contribution in [2.24, 2.45) is 5.92 Å². The van der Waals surface area contributed by atoms with Gasteiger partial charge in [-0.05, 0) is 31.6 Å². The molecule has 6 heteroatoms. The van der Waals surface area contributed by atoms with Gasteiger partial charge in [0.05, 0.1) is 0 Å². The first-order valence-electron chi connectivity index (χ1n) is 7.11. The molecule has 1 aromatic heterocycles. The van der Waals surface area contributed by atoms with Gasteiger partial charge < -0.3 is 15.4 Å². The van der Waals surface area contributed by atoms with Crippen molar-refractivity contribution in [1.82, 2.24) is 9.97 Å². The third-order valence-corrected chi connectivity index (χ3v) is 3.52. The first kappa shape index (κ1) is 14.6. The molecule has 6 nitrogen and oxygen atoms in total. The molecule has 0 amide bonds. The number of aromatic nitrogens is 2. The predicted molar refractivity (Wildman–Crippen MR) is 76.0 cm³/mol. The molecule has 0 saturated heterocycles. The molecule has 0 bridgehead atoms. The number of nitrogens with one attached hydrogen (secondary N) is 2. The highest BCUT2D eigenvalue weighted by Crippen LogP contribution is 2.37. The number of aromatic amines is 1. The lowest BCUT2D eigenvalue weighted by Gasteiger charge is -2.11. The Bertz CT molecular complexity index is 523. The van der Waals surface area contributed by atoms with E-state index < -0.39 is 5.97 Å². The fourth-order valence-electron chi connectivity index (χ4n) is 2.08. The van der Waals surface area contributed by atoms with Gasteiger partial charge >= 0.3 is 5.97 Å². The van der Waals surface area contributed by atoms with Crippen LogP contribution in [-0.4, -0.2) is 27.6 Å². The number of aliphatic carboxylic acids is 1. The van der Waals surface area contributed by atoms with Crippen molar-refractivity contribution in [3.63, 3.8) is 0 Å². The lowest BCUT2D eigenvalue weighted by molar-refractivity contribution is -0.137. The molecule has 1 saturated carbocycles. The number of carboxylic acids is 1. The van der Waals surface area contributed by atoms with E-state index >= 15 is 0 Å². The summed E-state index contributed by atoms with van der Waals surface area (Å²) < 4.78 is 0. The molecular weight excluding hydrogens is 258 g/mol. The Morgan fingerprint density at radius 1 is 1.55 bits per heavy atom. The summed E-state index contributed by atoms with van der Waals surface area (Å²) in [6.45, 7) is 2.73. The number of hydrogen-bond donors (Lipinski definition) is 3. The third-order valence-electron chi connectivity index (χ3n) is 3.52. The van der Waals surface area contributed by atoms with Crippen LogP contribution >= 0.6 is 0 Å². The van der Waals surface area contributed by atoms with Crippen molar-refractivity contribution in [1.29, 1.82) is 0 Å². The van der Waals surface area contributed by atoms with Gasteiger partial charge in [-0.1, -0.05) is 6.92 Å². The lowest BCUT2D eigenvalue weighted by atomic mass is 10.0. The summed E-state index contributed by atoms with van der Waals surface area (Å²) in [5.41, 5.74) is -0.122. The molecule has 1 heterocycles. The SMILES string of the molecule is CC(CCNc1cc(=O)[nH]c(C2CC2)n1)CCC(=O)O. The summed E-state index contributed by atoms with van der Waals surface area (Å²) >= 11 is 0. The Kier molecular flexibility index (Phi) is 4.76. The minimum Gasteiger partial charge on any atom is -0.481 e. The molecule has 3 N–H and O–H groups in total. The van der Waals surface area contributed by atoms with E-state index in [1.54, 1.807) is 0 Å². The Morgan fingerprint density at radius 2 is 2.30 bits per heavy atom. The molecule has 1 unspecified atom stereocenters. The van der Waals surface area contributed by atoms with Gasteiger partial charge in [0, 0.05) is 24.9 Å². The van der Waals surface area contributed by atoms with Gasteiger partial charge in [0.2, 0.25) is 0 Å². The first-order valence-corrected chi connectivity index (χ1v) is 7.11. The van der Waals surface area contributed by atoms with Gasteiger partial charge in [0.25, 0.3) is 5.56 Å².